The summed E-state index contributed by atoms with van der Waals surface area (Å²) in [5.74, 6) is -0.359. The number of nitrogens with one attached hydrogen (secondary N) is 1. The highest BCUT2D eigenvalue weighted by Crippen LogP contribution is 2.30. The van der Waals surface area contributed by atoms with E-state index in [1.54, 1.807) is 6.07 Å². The summed E-state index contributed by atoms with van der Waals surface area (Å²) in [6, 6.07) is 5.14. The molecule has 1 aliphatic heterocycles. The Hall–Kier alpha value is -1.02. The monoisotopic (exact) mass is 449 g/mol. The second kappa shape index (κ2) is 10.7. The van der Waals surface area contributed by atoms with E-state index in [1.165, 1.54) is 31.4 Å². The molecule has 1 saturated heterocycles. The summed E-state index contributed by atoms with van der Waals surface area (Å²) >= 11 is 12.0. The minimum absolute atomic E-state index is 0.182. The van der Waals surface area contributed by atoms with Gasteiger partial charge in [0, 0.05) is 24.2 Å². The third kappa shape index (κ3) is 6.79. The highest BCUT2D eigenvalue weighted by Gasteiger charge is 2.23. The van der Waals surface area contributed by atoms with E-state index in [0.29, 0.717) is 17.6 Å². The van der Waals surface area contributed by atoms with Crippen molar-refractivity contribution in [1.29, 1.82) is 0 Å². The molecule has 1 fully saturated rings. The van der Waals surface area contributed by atoms with Crippen molar-refractivity contribution in [2.45, 2.75) is 45.1 Å². The van der Waals surface area contributed by atoms with Crippen LogP contribution in [-0.4, -0.2) is 57.7 Å². The van der Waals surface area contributed by atoms with Gasteiger partial charge in [-0.1, -0.05) is 36.5 Å². The zero-order valence-corrected chi connectivity index (χ0v) is 18.8. The highest BCUT2D eigenvalue weighted by atomic mass is 35.5. The number of hydrogen-bond acceptors (Lipinski definition) is 4. The van der Waals surface area contributed by atoms with Crippen LogP contribution in [-0.2, 0) is 14.8 Å². The zero-order valence-electron chi connectivity index (χ0n) is 16.5. The maximum Gasteiger partial charge on any atom is 0.240 e. The fourth-order valence-corrected chi connectivity index (χ4v) is 5.01. The lowest BCUT2D eigenvalue weighted by Crippen LogP contribution is -2.42. The van der Waals surface area contributed by atoms with E-state index in [2.05, 4.69) is 17.1 Å². The number of rotatable bonds is 9. The number of sulfonamides is 1. The van der Waals surface area contributed by atoms with E-state index in [0.717, 1.165) is 36.5 Å². The number of amides is 1. The maximum atomic E-state index is 12.3. The zero-order chi connectivity index (χ0) is 20.7. The number of hydrogen-bond donors (Lipinski definition) is 1. The molecule has 158 valence electrons. The fraction of sp³-hybridized carbons (Fsp3) is 0.632. The van der Waals surface area contributed by atoms with Crippen molar-refractivity contribution < 1.29 is 13.2 Å². The lowest BCUT2D eigenvalue weighted by molar-refractivity contribution is -0.119. The van der Waals surface area contributed by atoms with Gasteiger partial charge in [0.15, 0.2) is 0 Å². The molecule has 0 bridgehead atoms. The van der Waals surface area contributed by atoms with Gasteiger partial charge in [0.05, 0.1) is 17.0 Å². The van der Waals surface area contributed by atoms with Gasteiger partial charge in [0.2, 0.25) is 15.9 Å². The Morgan fingerprint density at radius 1 is 1.32 bits per heavy atom. The topological polar surface area (TPSA) is 69.7 Å². The van der Waals surface area contributed by atoms with Crippen LogP contribution in [0.15, 0.2) is 18.2 Å². The van der Waals surface area contributed by atoms with Gasteiger partial charge in [0.25, 0.3) is 0 Å². The van der Waals surface area contributed by atoms with E-state index in [1.807, 2.05) is 0 Å². The summed E-state index contributed by atoms with van der Waals surface area (Å²) in [7, 11) is -3.67. The first-order valence-corrected chi connectivity index (χ1v) is 12.3. The van der Waals surface area contributed by atoms with Crippen LogP contribution in [0.1, 0.15) is 39.0 Å². The van der Waals surface area contributed by atoms with E-state index in [9.17, 15) is 13.2 Å². The van der Waals surface area contributed by atoms with Crippen LogP contribution in [0.5, 0.6) is 0 Å². The Balaban J connectivity index is 1.88. The smallest absolute Gasteiger partial charge is 0.240 e. The van der Waals surface area contributed by atoms with Crippen molar-refractivity contribution >= 4 is 44.8 Å². The number of benzene rings is 1. The van der Waals surface area contributed by atoms with E-state index in [4.69, 9.17) is 23.2 Å². The molecule has 28 heavy (non-hydrogen) atoms. The van der Waals surface area contributed by atoms with Crippen LogP contribution >= 0.6 is 23.2 Å². The van der Waals surface area contributed by atoms with Crippen LogP contribution in [0.4, 0.5) is 5.69 Å². The summed E-state index contributed by atoms with van der Waals surface area (Å²) in [5.41, 5.74) is 0.239. The van der Waals surface area contributed by atoms with Crippen LogP contribution in [0.2, 0.25) is 10.0 Å². The Morgan fingerprint density at radius 3 is 2.71 bits per heavy atom. The Bertz CT molecular complexity index is 774. The number of halogens is 2. The molecule has 6 nitrogen and oxygen atoms in total. The molecule has 1 N–H and O–H groups in total. The first-order valence-electron chi connectivity index (χ1n) is 9.66. The van der Waals surface area contributed by atoms with Gasteiger partial charge in [-0.05, 0) is 50.4 Å². The van der Waals surface area contributed by atoms with Crippen molar-refractivity contribution in [1.82, 2.24) is 10.2 Å². The molecule has 2 rings (SSSR count). The quantitative estimate of drug-likeness (QED) is 0.585. The van der Waals surface area contributed by atoms with Gasteiger partial charge in [0.1, 0.15) is 6.54 Å². The molecule has 1 atom stereocenters. The predicted octanol–water partition coefficient (Wildman–Crippen LogP) is 3.53. The summed E-state index contributed by atoms with van der Waals surface area (Å²) in [5, 5.41) is 3.40. The lowest BCUT2D eigenvalue weighted by Gasteiger charge is -2.35. The van der Waals surface area contributed by atoms with Gasteiger partial charge in [-0.2, -0.15) is 0 Å². The number of anilines is 1. The average Bonchev–Trinajstić information content (AvgIpc) is 2.63. The molecule has 0 spiro atoms. The standard InChI is InChI=1S/C19H29Cl2N3O3S/c1-3-16-7-4-5-11-23(16)12-6-10-22-19(25)14-24(28(2,26)27)18-9-8-15(20)13-17(18)21/h8-9,13,16H,3-7,10-12,14H2,1-2H3,(H,22,25). The van der Waals surface area contributed by atoms with Crippen LogP contribution < -0.4 is 9.62 Å². The minimum Gasteiger partial charge on any atom is -0.354 e. The molecule has 1 aromatic carbocycles. The number of piperidine rings is 1. The number of nitrogens with zero attached hydrogens (tertiary/aromatic N) is 2. The molecular weight excluding hydrogens is 421 g/mol. The van der Waals surface area contributed by atoms with Gasteiger partial charge in [-0.3, -0.25) is 9.10 Å². The summed E-state index contributed by atoms with van der Waals surface area (Å²) in [6.45, 7) is 4.46. The normalized spacial score (nSPS) is 18.1. The van der Waals surface area contributed by atoms with Crippen molar-refractivity contribution in [2.24, 2.45) is 0 Å². The predicted molar refractivity (Wildman–Crippen MR) is 116 cm³/mol. The van der Waals surface area contributed by atoms with E-state index >= 15 is 0 Å². The largest absolute Gasteiger partial charge is 0.354 e. The third-order valence-electron chi connectivity index (χ3n) is 5.03. The molecule has 0 saturated carbocycles. The van der Waals surface area contributed by atoms with Crippen molar-refractivity contribution in [3.05, 3.63) is 28.2 Å². The molecule has 0 aromatic heterocycles. The average molecular weight is 450 g/mol. The molecule has 0 aliphatic carbocycles. The third-order valence-corrected chi connectivity index (χ3v) is 6.69. The molecule has 1 heterocycles. The summed E-state index contributed by atoms with van der Waals surface area (Å²) in [4.78, 5) is 14.8. The van der Waals surface area contributed by atoms with Crippen molar-refractivity contribution in [3.8, 4) is 0 Å². The van der Waals surface area contributed by atoms with Gasteiger partial charge in [-0.25, -0.2) is 8.42 Å². The molecule has 1 aliphatic rings. The second-order valence-corrected chi connectivity index (χ2v) is 9.91. The Labute approximate surface area is 178 Å². The Kier molecular flexibility index (Phi) is 8.86. The molecule has 0 radical (unpaired) electrons. The minimum atomic E-state index is -3.67. The fourth-order valence-electron chi connectivity index (χ4n) is 3.58. The van der Waals surface area contributed by atoms with E-state index < -0.39 is 10.0 Å². The molecular formula is C19H29Cl2N3O3S. The molecule has 1 amide bonds. The number of carbonyl (C=O) groups excluding carboxylic acids is 1. The van der Waals surface area contributed by atoms with E-state index in [-0.39, 0.29) is 23.2 Å². The molecule has 9 heteroatoms. The van der Waals surface area contributed by atoms with Crippen LogP contribution in [0.3, 0.4) is 0 Å². The highest BCUT2D eigenvalue weighted by molar-refractivity contribution is 7.92. The number of carbonyl (C=O) groups is 1. The van der Waals surface area contributed by atoms with Crippen LogP contribution in [0.25, 0.3) is 0 Å². The van der Waals surface area contributed by atoms with Gasteiger partial charge < -0.3 is 10.2 Å². The summed E-state index contributed by atoms with van der Waals surface area (Å²) in [6.07, 6.45) is 6.80. The lowest BCUT2D eigenvalue weighted by atomic mass is 10.00. The molecule has 1 aromatic rings. The second-order valence-electron chi connectivity index (χ2n) is 7.16. The van der Waals surface area contributed by atoms with Gasteiger partial charge in [-0.15, -0.1) is 0 Å². The summed E-state index contributed by atoms with van der Waals surface area (Å²) < 4.78 is 25.3. The first-order chi connectivity index (χ1) is 13.2. The van der Waals surface area contributed by atoms with Crippen LogP contribution in [0, 0.1) is 0 Å². The van der Waals surface area contributed by atoms with Crippen molar-refractivity contribution in [2.75, 3.05) is 36.7 Å². The van der Waals surface area contributed by atoms with Crippen molar-refractivity contribution in [3.63, 3.8) is 0 Å². The SMILES string of the molecule is CCC1CCCCN1CCCNC(=O)CN(c1ccc(Cl)cc1Cl)S(C)(=O)=O. The first kappa shape index (κ1) is 23.3. The number of likely N-dealkylation sites (tertiary alicyclic amines) is 1. The molecule has 1 unspecified atom stereocenters. The van der Waals surface area contributed by atoms with Gasteiger partial charge >= 0.3 is 0 Å². The maximum absolute atomic E-state index is 12.3. The Morgan fingerprint density at radius 2 is 2.07 bits per heavy atom.